The molecule has 0 atom stereocenters. The largest absolute Gasteiger partial charge is 0.135 e. The number of rotatable bonds is 3. The van der Waals surface area contributed by atoms with E-state index in [0.717, 1.165) is 23.7 Å². The lowest BCUT2D eigenvalue weighted by atomic mass is 9.43. The summed E-state index contributed by atoms with van der Waals surface area (Å²) in [4.78, 5) is 0. The van der Waals surface area contributed by atoms with Gasteiger partial charge in [0.15, 0.2) is 0 Å². The van der Waals surface area contributed by atoms with Crippen LogP contribution >= 0.6 is 11.3 Å². The molecule has 0 unspecified atom stereocenters. The van der Waals surface area contributed by atoms with Crippen LogP contribution in [0.4, 0.5) is 0 Å². The molecule has 0 saturated heterocycles. The van der Waals surface area contributed by atoms with Crippen LogP contribution < -0.4 is 0 Å². The quantitative estimate of drug-likeness (QED) is 0.157. The van der Waals surface area contributed by atoms with E-state index in [1.165, 1.54) is 129 Å². The van der Waals surface area contributed by atoms with Crippen molar-refractivity contribution in [3.63, 3.8) is 0 Å². The van der Waals surface area contributed by atoms with E-state index in [1.807, 2.05) is 11.3 Å². The third-order valence-electron chi connectivity index (χ3n) is 15.6. The van der Waals surface area contributed by atoms with Gasteiger partial charge in [0.25, 0.3) is 0 Å². The van der Waals surface area contributed by atoms with E-state index >= 15 is 0 Å². The van der Waals surface area contributed by atoms with Crippen LogP contribution in [-0.2, 0) is 5.41 Å². The first-order valence-electron chi connectivity index (χ1n) is 21.8. The topological polar surface area (TPSA) is 0 Å². The second-order valence-corrected chi connectivity index (χ2v) is 19.5. The Hall–Kier alpha value is -6.02. The first-order valence-corrected chi connectivity index (χ1v) is 22.7. The predicted octanol–water partition coefficient (Wildman–Crippen LogP) is 16.2. The van der Waals surface area contributed by atoms with Gasteiger partial charge in [0.1, 0.15) is 0 Å². The van der Waals surface area contributed by atoms with E-state index < -0.39 is 0 Å². The van der Waals surface area contributed by atoms with E-state index in [9.17, 15) is 0 Å². The summed E-state index contributed by atoms with van der Waals surface area (Å²) in [5.41, 5.74) is 14.2. The van der Waals surface area contributed by atoms with E-state index in [1.54, 1.807) is 11.1 Å². The normalized spacial score (nSPS) is 22.6. The minimum atomic E-state index is 0.102. The molecule has 280 valence electrons. The molecule has 0 aliphatic heterocycles. The molecule has 59 heavy (non-hydrogen) atoms. The van der Waals surface area contributed by atoms with Crippen LogP contribution in [0.25, 0.3) is 97.0 Å². The second-order valence-electron chi connectivity index (χ2n) is 18.4. The van der Waals surface area contributed by atoms with Gasteiger partial charge >= 0.3 is 0 Å². The fourth-order valence-electron chi connectivity index (χ4n) is 13.6. The summed E-state index contributed by atoms with van der Waals surface area (Å²) in [6.45, 7) is 0. The average Bonchev–Trinajstić information content (AvgIpc) is 3.79. The van der Waals surface area contributed by atoms with Crippen molar-refractivity contribution in [3.05, 3.63) is 181 Å². The zero-order valence-corrected chi connectivity index (χ0v) is 33.7. The molecule has 0 N–H and O–H groups in total. The Kier molecular flexibility index (Phi) is 6.70. The van der Waals surface area contributed by atoms with Gasteiger partial charge in [-0.1, -0.05) is 140 Å². The lowest BCUT2D eigenvalue weighted by molar-refractivity contribution is -0.0398. The number of hydrogen-bond donors (Lipinski definition) is 0. The molecule has 0 amide bonds. The van der Waals surface area contributed by atoms with Crippen LogP contribution in [0.2, 0.25) is 0 Å². The van der Waals surface area contributed by atoms with Crippen molar-refractivity contribution >= 4 is 63.8 Å². The molecule has 1 spiro atoms. The van der Waals surface area contributed by atoms with Crippen LogP contribution in [-0.4, -0.2) is 0 Å². The first-order chi connectivity index (χ1) is 29.2. The maximum atomic E-state index is 2.69. The van der Waals surface area contributed by atoms with Gasteiger partial charge in [-0.05, 0) is 174 Å². The average molecular weight is 771 g/mol. The Morgan fingerprint density at radius 2 is 0.898 bits per heavy atom. The Bertz CT molecular complexity index is 3310. The summed E-state index contributed by atoms with van der Waals surface area (Å²) in [5, 5.41) is 10.8. The molecular weight excluding hydrogens is 729 g/mol. The molecule has 9 aromatic carbocycles. The number of thiophene rings is 1. The van der Waals surface area contributed by atoms with Crippen molar-refractivity contribution < 1.29 is 0 Å². The van der Waals surface area contributed by atoms with Crippen molar-refractivity contribution in [1.82, 2.24) is 0 Å². The highest BCUT2D eigenvalue weighted by atomic mass is 32.1. The lowest BCUT2D eigenvalue weighted by Crippen LogP contribution is -2.55. The summed E-state index contributed by atoms with van der Waals surface area (Å²) in [6.07, 6.45) is 7.03. The Morgan fingerprint density at radius 3 is 1.58 bits per heavy atom. The van der Waals surface area contributed by atoms with Crippen molar-refractivity contribution in [1.29, 1.82) is 0 Å². The predicted molar refractivity (Wildman–Crippen MR) is 251 cm³/mol. The standard InChI is InChI=1S/C58H42S/c1-2-11-39-32-52-50(31-38(39)10-1)44-25-24-40(33-51(44)58(52)41-27-34-26-35(29-41)30-42(58)28-34)56-47-14-5-3-12-45(47)55(46-13-4-6-15-48(46)56)37-22-20-36(21-23-37)43-17-9-19-54-57(43)49-16-7-8-18-53(49)59-54/h1-25,31-35,41-42H,26-30H2. The monoisotopic (exact) mass is 770 g/mol. The van der Waals surface area contributed by atoms with Crippen LogP contribution in [0.5, 0.6) is 0 Å². The zero-order valence-electron chi connectivity index (χ0n) is 32.9. The second kappa shape index (κ2) is 12.0. The van der Waals surface area contributed by atoms with E-state index in [0.29, 0.717) is 0 Å². The summed E-state index contributed by atoms with van der Waals surface area (Å²) >= 11 is 1.89. The maximum Gasteiger partial charge on any atom is 0.0361 e. The van der Waals surface area contributed by atoms with Crippen molar-refractivity contribution in [3.8, 4) is 44.5 Å². The minimum Gasteiger partial charge on any atom is -0.135 e. The van der Waals surface area contributed by atoms with E-state index in [2.05, 4.69) is 170 Å². The third-order valence-corrected chi connectivity index (χ3v) is 16.8. The summed E-state index contributed by atoms with van der Waals surface area (Å²) in [7, 11) is 0. The molecule has 15 rings (SSSR count). The number of hydrogen-bond acceptors (Lipinski definition) is 1. The molecule has 4 bridgehead atoms. The smallest absolute Gasteiger partial charge is 0.0361 e. The fourth-order valence-corrected chi connectivity index (χ4v) is 14.7. The third kappa shape index (κ3) is 4.44. The Balaban J connectivity index is 0.965. The van der Waals surface area contributed by atoms with Crippen molar-refractivity contribution in [2.45, 2.75) is 37.5 Å². The van der Waals surface area contributed by atoms with E-state index in [-0.39, 0.29) is 5.41 Å². The van der Waals surface area contributed by atoms with E-state index in [4.69, 9.17) is 0 Å². The maximum absolute atomic E-state index is 2.69. The van der Waals surface area contributed by atoms with Gasteiger partial charge in [0.2, 0.25) is 0 Å². The molecule has 4 saturated carbocycles. The van der Waals surface area contributed by atoms with Crippen LogP contribution in [0.1, 0.15) is 43.2 Å². The summed E-state index contributed by atoms with van der Waals surface area (Å²) in [5.74, 6) is 3.27. The summed E-state index contributed by atoms with van der Waals surface area (Å²) < 4.78 is 2.69. The van der Waals surface area contributed by atoms with Crippen molar-refractivity contribution in [2.24, 2.45) is 23.7 Å². The van der Waals surface area contributed by atoms with Crippen LogP contribution in [0.3, 0.4) is 0 Å². The van der Waals surface area contributed by atoms with Gasteiger partial charge in [0, 0.05) is 25.6 Å². The molecule has 0 radical (unpaired) electrons. The van der Waals surface area contributed by atoms with Crippen molar-refractivity contribution in [2.75, 3.05) is 0 Å². The molecule has 5 aliphatic rings. The minimum absolute atomic E-state index is 0.102. The Morgan fingerprint density at radius 1 is 0.373 bits per heavy atom. The molecule has 4 fully saturated rings. The fraction of sp³-hybridized carbons (Fsp3) is 0.172. The molecular formula is C58H42S. The van der Waals surface area contributed by atoms with Gasteiger partial charge in [-0.15, -0.1) is 11.3 Å². The summed E-state index contributed by atoms with van der Waals surface area (Å²) in [6, 6.07) is 65.4. The van der Waals surface area contributed by atoms with Gasteiger partial charge < -0.3 is 0 Å². The SMILES string of the molecule is c1ccc2cc3c(cc2c1)-c1ccc(-c2c4ccccc4c(-c4ccc(-c5cccc6sc7ccccc7c56)cc4)c4ccccc24)cc1C31C2CC3CC(C2)CC1C3. The molecule has 5 aliphatic carbocycles. The van der Waals surface area contributed by atoms with Crippen LogP contribution in [0, 0.1) is 23.7 Å². The zero-order chi connectivity index (χ0) is 38.4. The molecule has 1 heterocycles. The molecule has 1 aromatic heterocycles. The molecule has 0 nitrogen and oxygen atoms in total. The molecule has 1 heteroatoms. The molecule has 10 aromatic rings. The van der Waals surface area contributed by atoms with Gasteiger partial charge in [0.05, 0.1) is 0 Å². The van der Waals surface area contributed by atoms with Crippen LogP contribution in [0.15, 0.2) is 170 Å². The highest BCUT2D eigenvalue weighted by Gasteiger charge is 2.61. The lowest BCUT2D eigenvalue weighted by Gasteiger charge is -2.61. The Labute approximate surface area is 348 Å². The highest BCUT2D eigenvalue weighted by molar-refractivity contribution is 7.25. The van der Waals surface area contributed by atoms with Gasteiger partial charge in [-0.25, -0.2) is 0 Å². The van der Waals surface area contributed by atoms with Gasteiger partial charge in [-0.2, -0.15) is 0 Å². The number of fused-ring (bicyclic) bond motifs is 9. The first kappa shape index (κ1) is 32.9. The van der Waals surface area contributed by atoms with Gasteiger partial charge in [-0.3, -0.25) is 0 Å². The number of benzene rings is 9. The highest BCUT2D eigenvalue weighted by Crippen LogP contribution is 2.70.